The van der Waals surface area contributed by atoms with Gasteiger partial charge in [0.2, 0.25) is 0 Å². The van der Waals surface area contributed by atoms with Crippen molar-refractivity contribution in [2.75, 3.05) is 33.3 Å². The molecule has 0 rings (SSSR count). The largest absolute Gasteiger partial charge is 0.396 e. The average Bonchev–Trinajstić information content (AvgIpc) is 2.05. The molecular formula is C9H22N2O. The Morgan fingerprint density at radius 2 is 2.08 bits per heavy atom. The third-order valence-electron chi connectivity index (χ3n) is 1.97. The van der Waals surface area contributed by atoms with Crippen molar-refractivity contribution in [2.45, 2.75) is 19.8 Å². The number of rotatable bonds is 7. The van der Waals surface area contributed by atoms with Crippen molar-refractivity contribution in [3.63, 3.8) is 0 Å². The molecule has 0 heterocycles. The molecule has 0 amide bonds. The molecule has 1 atom stereocenters. The van der Waals surface area contributed by atoms with Gasteiger partial charge in [0, 0.05) is 13.2 Å². The second kappa shape index (κ2) is 7.53. The van der Waals surface area contributed by atoms with Crippen molar-refractivity contribution in [2.24, 2.45) is 11.7 Å². The maximum absolute atomic E-state index is 8.57. The van der Waals surface area contributed by atoms with Crippen LogP contribution in [0.3, 0.4) is 0 Å². The summed E-state index contributed by atoms with van der Waals surface area (Å²) in [5.74, 6) is 0.573. The van der Waals surface area contributed by atoms with Gasteiger partial charge >= 0.3 is 0 Å². The van der Waals surface area contributed by atoms with E-state index in [9.17, 15) is 0 Å². The lowest BCUT2D eigenvalue weighted by Gasteiger charge is -2.19. The van der Waals surface area contributed by atoms with Crippen LogP contribution in [0.1, 0.15) is 19.8 Å². The molecule has 0 saturated heterocycles. The van der Waals surface area contributed by atoms with Gasteiger partial charge in [-0.2, -0.15) is 0 Å². The van der Waals surface area contributed by atoms with E-state index in [0.29, 0.717) is 12.5 Å². The first-order valence-corrected chi connectivity index (χ1v) is 4.70. The molecule has 0 aromatic carbocycles. The molecule has 0 aliphatic rings. The Morgan fingerprint density at radius 3 is 2.58 bits per heavy atom. The normalized spacial score (nSPS) is 13.8. The lowest BCUT2D eigenvalue weighted by molar-refractivity contribution is 0.250. The number of aliphatic hydroxyl groups excluding tert-OH is 1. The highest BCUT2D eigenvalue weighted by Gasteiger charge is 2.03. The molecule has 0 radical (unpaired) electrons. The van der Waals surface area contributed by atoms with Crippen LogP contribution in [-0.2, 0) is 0 Å². The molecule has 0 aromatic rings. The summed E-state index contributed by atoms with van der Waals surface area (Å²) in [4.78, 5) is 2.27. The molecule has 3 heteroatoms. The maximum atomic E-state index is 8.57. The summed E-state index contributed by atoms with van der Waals surface area (Å²) < 4.78 is 0. The van der Waals surface area contributed by atoms with Gasteiger partial charge in [-0.05, 0) is 38.9 Å². The molecular weight excluding hydrogens is 152 g/mol. The third kappa shape index (κ3) is 6.58. The number of unbranched alkanes of at least 4 members (excludes halogenated alkanes) is 1. The smallest absolute Gasteiger partial charge is 0.0431 e. The SMILES string of the molecule is CC(CN)CN(C)CCCCO. The second-order valence-corrected chi connectivity index (χ2v) is 3.53. The van der Waals surface area contributed by atoms with Gasteiger partial charge in [-0.3, -0.25) is 0 Å². The van der Waals surface area contributed by atoms with E-state index in [0.717, 1.165) is 32.5 Å². The summed E-state index contributed by atoms with van der Waals surface area (Å²) in [5, 5.41) is 8.57. The predicted octanol–water partition coefficient (Wildman–Crippen LogP) is 0.285. The molecule has 1 unspecified atom stereocenters. The summed E-state index contributed by atoms with van der Waals surface area (Å²) in [6.07, 6.45) is 1.98. The van der Waals surface area contributed by atoms with E-state index in [2.05, 4.69) is 18.9 Å². The molecule has 0 saturated carbocycles. The van der Waals surface area contributed by atoms with Crippen LogP contribution in [0.4, 0.5) is 0 Å². The minimum atomic E-state index is 0.306. The molecule has 3 nitrogen and oxygen atoms in total. The summed E-state index contributed by atoms with van der Waals surface area (Å²) in [6.45, 7) is 5.33. The van der Waals surface area contributed by atoms with E-state index in [1.54, 1.807) is 0 Å². The first-order valence-electron chi connectivity index (χ1n) is 4.70. The van der Waals surface area contributed by atoms with E-state index in [-0.39, 0.29) is 0 Å². The van der Waals surface area contributed by atoms with Gasteiger partial charge in [-0.25, -0.2) is 0 Å². The molecule has 3 N–H and O–H groups in total. The van der Waals surface area contributed by atoms with E-state index in [1.165, 1.54) is 0 Å². The van der Waals surface area contributed by atoms with E-state index < -0.39 is 0 Å². The summed E-state index contributed by atoms with van der Waals surface area (Å²) in [6, 6.07) is 0. The number of aliphatic hydroxyl groups is 1. The van der Waals surface area contributed by atoms with Gasteiger partial charge in [0.1, 0.15) is 0 Å². The van der Waals surface area contributed by atoms with Crippen LogP contribution in [0.2, 0.25) is 0 Å². The van der Waals surface area contributed by atoms with E-state index >= 15 is 0 Å². The molecule has 0 fully saturated rings. The zero-order valence-corrected chi connectivity index (χ0v) is 8.29. The van der Waals surface area contributed by atoms with Gasteiger partial charge in [0.15, 0.2) is 0 Å². The number of hydrogen-bond donors (Lipinski definition) is 2. The van der Waals surface area contributed by atoms with E-state index in [1.807, 2.05) is 0 Å². The third-order valence-corrected chi connectivity index (χ3v) is 1.97. The first-order chi connectivity index (χ1) is 5.70. The highest BCUT2D eigenvalue weighted by molar-refractivity contribution is 4.59. The Balaban J connectivity index is 3.26. The summed E-state index contributed by atoms with van der Waals surface area (Å²) in [7, 11) is 2.10. The standard InChI is InChI=1S/C9H22N2O/c1-9(7-10)8-11(2)5-3-4-6-12/h9,12H,3-8,10H2,1-2H3. The quantitative estimate of drug-likeness (QED) is 0.545. The van der Waals surface area contributed by atoms with Crippen LogP contribution in [0.15, 0.2) is 0 Å². The number of hydrogen-bond acceptors (Lipinski definition) is 3. The minimum Gasteiger partial charge on any atom is -0.396 e. The fourth-order valence-electron chi connectivity index (χ4n) is 1.19. The predicted molar refractivity (Wildman–Crippen MR) is 52.0 cm³/mol. The molecule has 0 aliphatic carbocycles. The highest BCUT2D eigenvalue weighted by atomic mass is 16.2. The van der Waals surface area contributed by atoms with Crippen molar-refractivity contribution in [1.82, 2.24) is 4.90 Å². The molecule has 74 valence electrons. The van der Waals surface area contributed by atoms with Crippen LogP contribution in [-0.4, -0.2) is 43.3 Å². The fourth-order valence-corrected chi connectivity index (χ4v) is 1.19. The topological polar surface area (TPSA) is 49.5 Å². The van der Waals surface area contributed by atoms with Crippen molar-refractivity contribution in [3.05, 3.63) is 0 Å². The van der Waals surface area contributed by atoms with Crippen LogP contribution in [0, 0.1) is 5.92 Å². The summed E-state index contributed by atoms with van der Waals surface area (Å²) in [5.41, 5.74) is 5.51. The Kier molecular flexibility index (Phi) is 7.45. The Morgan fingerprint density at radius 1 is 1.42 bits per heavy atom. The number of nitrogens with two attached hydrogens (primary N) is 1. The van der Waals surface area contributed by atoms with Crippen molar-refractivity contribution < 1.29 is 5.11 Å². The molecule has 0 bridgehead atoms. The van der Waals surface area contributed by atoms with Crippen LogP contribution in [0.25, 0.3) is 0 Å². The highest BCUT2D eigenvalue weighted by Crippen LogP contribution is 1.97. The van der Waals surface area contributed by atoms with Crippen molar-refractivity contribution >= 4 is 0 Å². The lowest BCUT2D eigenvalue weighted by atomic mass is 10.1. The van der Waals surface area contributed by atoms with Gasteiger partial charge in [0.25, 0.3) is 0 Å². The lowest BCUT2D eigenvalue weighted by Crippen LogP contribution is -2.29. The Labute approximate surface area is 75.6 Å². The molecule has 0 aromatic heterocycles. The Hall–Kier alpha value is -0.120. The van der Waals surface area contributed by atoms with Crippen LogP contribution < -0.4 is 5.73 Å². The Bertz CT molecular complexity index is 98.5. The minimum absolute atomic E-state index is 0.306. The zero-order chi connectivity index (χ0) is 9.40. The van der Waals surface area contributed by atoms with Crippen LogP contribution >= 0.6 is 0 Å². The van der Waals surface area contributed by atoms with Gasteiger partial charge in [-0.1, -0.05) is 6.92 Å². The molecule has 0 aliphatic heterocycles. The van der Waals surface area contributed by atoms with Gasteiger partial charge in [-0.15, -0.1) is 0 Å². The zero-order valence-electron chi connectivity index (χ0n) is 8.29. The van der Waals surface area contributed by atoms with Crippen molar-refractivity contribution in [1.29, 1.82) is 0 Å². The fraction of sp³-hybridized carbons (Fsp3) is 1.00. The average molecular weight is 174 g/mol. The second-order valence-electron chi connectivity index (χ2n) is 3.53. The van der Waals surface area contributed by atoms with Gasteiger partial charge < -0.3 is 15.7 Å². The first kappa shape index (κ1) is 11.9. The maximum Gasteiger partial charge on any atom is 0.0431 e. The molecule has 12 heavy (non-hydrogen) atoms. The van der Waals surface area contributed by atoms with Gasteiger partial charge in [0.05, 0.1) is 0 Å². The molecule has 0 spiro atoms. The summed E-state index contributed by atoms with van der Waals surface area (Å²) >= 11 is 0. The van der Waals surface area contributed by atoms with E-state index in [4.69, 9.17) is 10.8 Å². The van der Waals surface area contributed by atoms with Crippen molar-refractivity contribution in [3.8, 4) is 0 Å². The van der Waals surface area contributed by atoms with Crippen LogP contribution in [0.5, 0.6) is 0 Å². The monoisotopic (exact) mass is 174 g/mol. The number of nitrogens with zero attached hydrogens (tertiary/aromatic N) is 1.